The zero-order valence-corrected chi connectivity index (χ0v) is 17.4. The molecule has 1 N–H and O–H groups in total. The fourth-order valence-electron chi connectivity index (χ4n) is 3.52. The predicted octanol–water partition coefficient (Wildman–Crippen LogP) is 1.98. The molecule has 1 atom stereocenters. The van der Waals surface area contributed by atoms with E-state index in [4.69, 9.17) is 0 Å². The number of carbonyl (C=O) groups is 2. The van der Waals surface area contributed by atoms with Gasteiger partial charge in [0.25, 0.3) is 5.91 Å². The van der Waals surface area contributed by atoms with Gasteiger partial charge in [0, 0.05) is 39.3 Å². The second-order valence-corrected chi connectivity index (χ2v) is 7.76. The molecule has 1 aliphatic heterocycles. The fourth-order valence-corrected chi connectivity index (χ4v) is 3.52. The summed E-state index contributed by atoms with van der Waals surface area (Å²) in [6.45, 7) is 4.41. The molecule has 0 aliphatic carbocycles. The van der Waals surface area contributed by atoms with Crippen molar-refractivity contribution in [3.63, 3.8) is 0 Å². The minimum Gasteiger partial charge on any atom is -0.348 e. The van der Waals surface area contributed by atoms with Crippen molar-refractivity contribution in [2.75, 3.05) is 33.7 Å². The molecular weight excluding hydrogens is 366 g/mol. The molecular formula is C22H29N5O2. The lowest BCUT2D eigenvalue weighted by molar-refractivity contribution is -0.130. The number of nitrogens with one attached hydrogen (secondary N) is 1. The minimum atomic E-state index is -0.167. The zero-order chi connectivity index (χ0) is 20.8. The van der Waals surface area contributed by atoms with Crippen molar-refractivity contribution in [1.82, 2.24) is 25.1 Å². The Hall–Kier alpha value is -2.80. The highest BCUT2D eigenvalue weighted by molar-refractivity contribution is 5.94. The number of amides is 2. The van der Waals surface area contributed by atoms with E-state index >= 15 is 0 Å². The number of hydrogen-bond acceptors (Lipinski definition) is 5. The molecule has 154 valence electrons. The topological polar surface area (TPSA) is 78.4 Å². The van der Waals surface area contributed by atoms with Crippen molar-refractivity contribution in [2.24, 2.45) is 0 Å². The monoisotopic (exact) mass is 395 g/mol. The highest BCUT2D eigenvalue weighted by Gasteiger charge is 2.26. The van der Waals surface area contributed by atoms with E-state index in [-0.39, 0.29) is 17.7 Å². The van der Waals surface area contributed by atoms with E-state index in [9.17, 15) is 9.59 Å². The van der Waals surface area contributed by atoms with Crippen molar-refractivity contribution in [1.29, 1.82) is 0 Å². The van der Waals surface area contributed by atoms with Crippen LogP contribution >= 0.6 is 0 Å². The third-order valence-electron chi connectivity index (χ3n) is 5.27. The lowest BCUT2D eigenvalue weighted by atomic mass is 9.97. The zero-order valence-electron chi connectivity index (χ0n) is 17.4. The Morgan fingerprint density at radius 3 is 2.69 bits per heavy atom. The van der Waals surface area contributed by atoms with Crippen molar-refractivity contribution in [3.8, 4) is 0 Å². The first-order valence-corrected chi connectivity index (χ1v) is 10.0. The molecule has 0 saturated carbocycles. The molecule has 7 heteroatoms. The molecule has 1 saturated heterocycles. The molecule has 0 radical (unpaired) electrons. The SMILES string of the molecule is Cc1nc([C@H]2CCCN(CC(=O)N(C)C)C2)ncc1C(=O)NCc1ccccc1. The van der Waals surface area contributed by atoms with E-state index in [0.29, 0.717) is 24.3 Å². The van der Waals surface area contributed by atoms with Crippen LogP contribution in [0.5, 0.6) is 0 Å². The van der Waals surface area contributed by atoms with E-state index in [1.807, 2.05) is 37.3 Å². The lowest BCUT2D eigenvalue weighted by Crippen LogP contribution is -2.42. The molecule has 2 heterocycles. The molecule has 2 amide bonds. The minimum absolute atomic E-state index is 0.105. The van der Waals surface area contributed by atoms with E-state index in [1.165, 1.54) is 0 Å². The third-order valence-corrected chi connectivity index (χ3v) is 5.27. The highest BCUT2D eigenvalue weighted by Crippen LogP contribution is 2.25. The van der Waals surface area contributed by atoms with Gasteiger partial charge in [0.2, 0.25) is 5.91 Å². The van der Waals surface area contributed by atoms with Crippen LogP contribution in [0.2, 0.25) is 0 Å². The van der Waals surface area contributed by atoms with Crippen LogP contribution in [0.15, 0.2) is 36.5 Å². The summed E-state index contributed by atoms with van der Waals surface area (Å²) in [6, 6.07) is 9.80. The lowest BCUT2D eigenvalue weighted by Gasteiger charge is -2.32. The number of carbonyl (C=O) groups excluding carboxylic acids is 2. The van der Waals surface area contributed by atoms with Gasteiger partial charge in [-0.3, -0.25) is 14.5 Å². The first-order valence-electron chi connectivity index (χ1n) is 10.0. The molecule has 1 aromatic carbocycles. The Balaban J connectivity index is 1.62. The summed E-state index contributed by atoms with van der Waals surface area (Å²) in [5.41, 5.74) is 2.23. The maximum Gasteiger partial charge on any atom is 0.254 e. The molecule has 29 heavy (non-hydrogen) atoms. The van der Waals surface area contributed by atoms with Crippen molar-refractivity contribution in [2.45, 2.75) is 32.2 Å². The largest absolute Gasteiger partial charge is 0.348 e. The number of aryl methyl sites for hydroxylation is 1. The van der Waals surface area contributed by atoms with Crippen LogP contribution in [-0.2, 0) is 11.3 Å². The summed E-state index contributed by atoms with van der Waals surface area (Å²) in [7, 11) is 3.55. The Morgan fingerprint density at radius 1 is 1.24 bits per heavy atom. The number of likely N-dealkylation sites (N-methyl/N-ethyl adjacent to an activating group) is 1. The summed E-state index contributed by atoms with van der Waals surface area (Å²) >= 11 is 0. The number of nitrogens with zero attached hydrogens (tertiary/aromatic N) is 4. The van der Waals surface area contributed by atoms with Crippen LogP contribution in [0.4, 0.5) is 0 Å². The Labute approximate surface area is 172 Å². The van der Waals surface area contributed by atoms with Gasteiger partial charge in [-0.2, -0.15) is 0 Å². The maximum atomic E-state index is 12.5. The average Bonchev–Trinajstić information content (AvgIpc) is 2.72. The normalized spacial score (nSPS) is 17.0. The Morgan fingerprint density at radius 2 is 2.00 bits per heavy atom. The molecule has 0 spiro atoms. The molecule has 0 bridgehead atoms. The van der Waals surface area contributed by atoms with Crippen molar-refractivity contribution in [3.05, 3.63) is 59.2 Å². The first kappa shape index (κ1) is 20.9. The number of aromatic nitrogens is 2. The van der Waals surface area contributed by atoms with E-state index < -0.39 is 0 Å². The number of rotatable bonds is 6. The summed E-state index contributed by atoms with van der Waals surface area (Å²) in [4.78, 5) is 37.4. The van der Waals surface area contributed by atoms with Crippen molar-refractivity contribution >= 4 is 11.8 Å². The second-order valence-electron chi connectivity index (χ2n) is 7.76. The molecule has 0 unspecified atom stereocenters. The highest BCUT2D eigenvalue weighted by atomic mass is 16.2. The van der Waals surface area contributed by atoms with E-state index in [0.717, 1.165) is 37.3 Å². The molecule has 3 rings (SSSR count). The van der Waals surface area contributed by atoms with E-state index in [2.05, 4.69) is 20.2 Å². The molecule has 1 fully saturated rings. The first-order chi connectivity index (χ1) is 13.9. The van der Waals surface area contributed by atoms with Gasteiger partial charge in [0.15, 0.2) is 0 Å². The predicted molar refractivity (Wildman–Crippen MR) is 111 cm³/mol. The molecule has 7 nitrogen and oxygen atoms in total. The molecule has 2 aromatic rings. The van der Waals surface area contributed by atoms with E-state index in [1.54, 1.807) is 25.2 Å². The van der Waals surface area contributed by atoms with Gasteiger partial charge < -0.3 is 10.2 Å². The number of hydrogen-bond donors (Lipinski definition) is 1. The van der Waals surface area contributed by atoms with Crippen molar-refractivity contribution < 1.29 is 9.59 Å². The standard InChI is InChI=1S/C22H29N5O2/c1-16-19(22(29)24-12-17-8-5-4-6-9-17)13-23-21(25-16)18-10-7-11-27(14-18)15-20(28)26(2)3/h4-6,8-9,13,18H,7,10-12,14-15H2,1-3H3,(H,24,29)/t18-/m0/s1. The summed E-state index contributed by atoms with van der Waals surface area (Å²) in [5, 5.41) is 2.92. The van der Waals surface area contributed by atoms with Crippen LogP contribution < -0.4 is 5.32 Å². The number of benzene rings is 1. The number of piperidine rings is 1. The maximum absolute atomic E-state index is 12.5. The molecule has 1 aromatic heterocycles. The van der Waals surface area contributed by atoms with Gasteiger partial charge in [-0.25, -0.2) is 9.97 Å². The molecule has 1 aliphatic rings. The van der Waals surface area contributed by atoms with Gasteiger partial charge in [0.05, 0.1) is 17.8 Å². The van der Waals surface area contributed by atoms with Gasteiger partial charge in [-0.15, -0.1) is 0 Å². The van der Waals surface area contributed by atoms with Crippen LogP contribution in [-0.4, -0.2) is 65.3 Å². The Bertz CT molecular complexity index is 854. The quantitative estimate of drug-likeness (QED) is 0.809. The second kappa shape index (κ2) is 9.60. The summed E-state index contributed by atoms with van der Waals surface area (Å²) < 4.78 is 0. The van der Waals surface area contributed by atoms with Crippen LogP contribution in [0.3, 0.4) is 0 Å². The van der Waals surface area contributed by atoms with Crippen LogP contribution in [0, 0.1) is 6.92 Å². The smallest absolute Gasteiger partial charge is 0.254 e. The fraction of sp³-hybridized carbons (Fsp3) is 0.455. The Kier molecular flexibility index (Phi) is 6.93. The summed E-state index contributed by atoms with van der Waals surface area (Å²) in [5.74, 6) is 0.871. The van der Waals surface area contributed by atoms with Gasteiger partial charge in [0.1, 0.15) is 5.82 Å². The van der Waals surface area contributed by atoms with Crippen LogP contribution in [0.1, 0.15) is 46.2 Å². The number of likely N-dealkylation sites (tertiary alicyclic amines) is 1. The third kappa shape index (κ3) is 5.60. The van der Waals surface area contributed by atoms with Gasteiger partial charge in [-0.05, 0) is 31.9 Å². The summed E-state index contributed by atoms with van der Waals surface area (Å²) in [6.07, 6.45) is 3.63. The van der Waals surface area contributed by atoms with Crippen LogP contribution in [0.25, 0.3) is 0 Å². The van der Waals surface area contributed by atoms with Gasteiger partial charge >= 0.3 is 0 Å². The van der Waals surface area contributed by atoms with Gasteiger partial charge in [-0.1, -0.05) is 30.3 Å². The average molecular weight is 396 g/mol.